The summed E-state index contributed by atoms with van der Waals surface area (Å²) in [4.78, 5) is 0. The van der Waals surface area contributed by atoms with Gasteiger partial charge in [-0.3, -0.25) is 0 Å². The summed E-state index contributed by atoms with van der Waals surface area (Å²) in [6.45, 7) is 2.06. The van der Waals surface area contributed by atoms with Crippen molar-refractivity contribution in [2.24, 2.45) is 0 Å². The first-order valence-electron chi connectivity index (χ1n) is 5.76. The van der Waals surface area contributed by atoms with Crippen molar-refractivity contribution >= 4 is 43.5 Å². The van der Waals surface area contributed by atoms with E-state index >= 15 is 0 Å². The predicted octanol–water partition coefficient (Wildman–Crippen LogP) is 5.86. The minimum absolute atomic E-state index is 0.197. The van der Waals surface area contributed by atoms with Gasteiger partial charge in [0.2, 0.25) is 0 Å². The van der Waals surface area contributed by atoms with Gasteiger partial charge >= 0.3 is 0 Å². The van der Waals surface area contributed by atoms with Crippen LogP contribution in [0.5, 0.6) is 5.75 Å². The Hall–Kier alpha value is -0.510. The minimum Gasteiger partial charge on any atom is -0.497 e. The Morgan fingerprint density at radius 3 is 2.37 bits per heavy atom. The third kappa shape index (κ3) is 3.33. The molecule has 0 saturated heterocycles. The highest BCUT2D eigenvalue weighted by Gasteiger charge is 2.15. The lowest BCUT2D eigenvalue weighted by Gasteiger charge is -2.14. The van der Waals surface area contributed by atoms with E-state index in [1.807, 2.05) is 18.2 Å². The fourth-order valence-corrected chi connectivity index (χ4v) is 3.23. The zero-order valence-corrected chi connectivity index (χ0v) is 14.5. The average molecular weight is 405 g/mol. The Balaban J connectivity index is 2.38. The van der Waals surface area contributed by atoms with E-state index in [1.165, 1.54) is 5.56 Å². The second kappa shape index (κ2) is 6.29. The summed E-state index contributed by atoms with van der Waals surface area (Å²) < 4.78 is 7.21. The van der Waals surface area contributed by atoms with Gasteiger partial charge in [-0.1, -0.05) is 50.1 Å². The molecule has 2 aromatic rings. The molecule has 0 bridgehead atoms. The van der Waals surface area contributed by atoms with Crippen molar-refractivity contribution in [2.45, 2.75) is 12.3 Å². The fourth-order valence-electron chi connectivity index (χ4n) is 1.79. The van der Waals surface area contributed by atoms with Crippen LogP contribution in [0, 0.1) is 6.92 Å². The molecule has 0 amide bonds. The van der Waals surface area contributed by atoms with Crippen LogP contribution >= 0.6 is 43.5 Å². The van der Waals surface area contributed by atoms with Gasteiger partial charge in [0.25, 0.3) is 0 Å². The first kappa shape index (κ1) is 14.9. The van der Waals surface area contributed by atoms with E-state index < -0.39 is 0 Å². The summed E-state index contributed by atoms with van der Waals surface area (Å²) >= 11 is 13.6. The van der Waals surface area contributed by atoms with Gasteiger partial charge in [-0.2, -0.15) is 0 Å². The maximum Gasteiger partial charge on any atom is 0.120 e. The zero-order valence-electron chi connectivity index (χ0n) is 10.6. The Kier molecular flexibility index (Phi) is 4.93. The second-order valence-corrected chi connectivity index (χ2v) is 6.40. The van der Waals surface area contributed by atoms with Crippen molar-refractivity contribution in [3.05, 3.63) is 62.0 Å². The molecule has 0 aromatic heterocycles. The van der Waals surface area contributed by atoms with Crippen molar-refractivity contribution in [1.29, 1.82) is 0 Å². The lowest BCUT2D eigenvalue weighted by molar-refractivity contribution is 0.414. The summed E-state index contributed by atoms with van der Waals surface area (Å²) in [6, 6.07) is 12.0. The van der Waals surface area contributed by atoms with Crippen LogP contribution in [0.15, 0.2) is 45.3 Å². The minimum atomic E-state index is -0.197. The van der Waals surface area contributed by atoms with E-state index in [2.05, 4.69) is 57.0 Å². The molecule has 0 N–H and O–H groups in total. The van der Waals surface area contributed by atoms with Crippen molar-refractivity contribution < 1.29 is 4.74 Å². The van der Waals surface area contributed by atoms with Gasteiger partial charge in [-0.05, 0) is 41.8 Å². The standard InChI is InChI=1S/C15H13Br2ClO/c1-9-3-4-10(7-13(9)16)15(18)12-6-5-11(19-2)8-14(12)17/h3-8,15H,1-2H3. The zero-order chi connectivity index (χ0) is 14.0. The number of benzene rings is 2. The molecule has 0 radical (unpaired) electrons. The van der Waals surface area contributed by atoms with Crippen molar-refractivity contribution in [3.63, 3.8) is 0 Å². The van der Waals surface area contributed by atoms with Crippen molar-refractivity contribution in [3.8, 4) is 5.75 Å². The number of ether oxygens (including phenoxy) is 1. The predicted molar refractivity (Wildman–Crippen MR) is 87.3 cm³/mol. The summed E-state index contributed by atoms with van der Waals surface area (Å²) in [5.41, 5.74) is 3.28. The number of hydrogen-bond acceptors (Lipinski definition) is 1. The first-order valence-corrected chi connectivity index (χ1v) is 7.78. The fraction of sp³-hybridized carbons (Fsp3) is 0.200. The molecule has 0 fully saturated rings. The van der Waals surface area contributed by atoms with Crippen LogP contribution in [0.3, 0.4) is 0 Å². The topological polar surface area (TPSA) is 9.23 Å². The molecule has 1 atom stereocenters. The normalized spacial score (nSPS) is 12.3. The highest BCUT2D eigenvalue weighted by Crippen LogP contribution is 2.36. The lowest BCUT2D eigenvalue weighted by Crippen LogP contribution is -1.96. The maximum absolute atomic E-state index is 6.57. The molecule has 2 aromatic carbocycles. The summed E-state index contributed by atoms with van der Waals surface area (Å²) in [5.74, 6) is 0.810. The van der Waals surface area contributed by atoms with Gasteiger partial charge in [0.05, 0.1) is 12.5 Å². The Morgan fingerprint density at radius 2 is 1.79 bits per heavy atom. The van der Waals surface area contributed by atoms with Gasteiger partial charge in [0.1, 0.15) is 5.75 Å². The summed E-state index contributed by atoms with van der Waals surface area (Å²) in [7, 11) is 1.65. The Bertz CT molecular complexity index is 599. The van der Waals surface area contributed by atoms with Crippen LogP contribution in [0.2, 0.25) is 0 Å². The van der Waals surface area contributed by atoms with Crippen LogP contribution in [0.4, 0.5) is 0 Å². The van der Waals surface area contributed by atoms with E-state index in [0.29, 0.717) is 0 Å². The van der Waals surface area contributed by atoms with Gasteiger partial charge in [0.15, 0.2) is 0 Å². The Morgan fingerprint density at radius 1 is 1.05 bits per heavy atom. The van der Waals surface area contributed by atoms with Gasteiger partial charge in [0, 0.05) is 8.95 Å². The van der Waals surface area contributed by atoms with Gasteiger partial charge < -0.3 is 4.74 Å². The van der Waals surface area contributed by atoms with Crippen molar-refractivity contribution in [2.75, 3.05) is 7.11 Å². The van der Waals surface area contributed by atoms with Crippen LogP contribution < -0.4 is 4.74 Å². The lowest BCUT2D eigenvalue weighted by atomic mass is 10.0. The van der Waals surface area contributed by atoms with Crippen LogP contribution in [0.1, 0.15) is 22.1 Å². The van der Waals surface area contributed by atoms with Crippen LogP contribution in [-0.4, -0.2) is 7.11 Å². The molecule has 0 aliphatic rings. The number of alkyl halides is 1. The third-order valence-electron chi connectivity index (χ3n) is 2.97. The number of halogens is 3. The molecule has 0 heterocycles. The highest BCUT2D eigenvalue weighted by atomic mass is 79.9. The molecular formula is C15H13Br2ClO. The molecular weight excluding hydrogens is 391 g/mol. The van der Waals surface area contributed by atoms with Gasteiger partial charge in [-0.15, -0.1) is 11.6 Å². The molecule has 0 spiro atoms. The van der Waals surface area contributed by atoms with Crippen LogP contribution in [-0.2, 0) is 0 Å². The van der Waals surface area contributed by atoms with E-state index in [4.69, 9.17) is 16.3 Å². The number of hydrogen-bond donors (Lipinski definition) is 0. The molecule has 0 saturated carbocycles. The highest BCUT2D eigenvalue weighted by molar-refractivity contribution is 9.10. The summed E-state index contributed by atoms with van der Waals surface area (Å²) in [5, 5.41) is -0.197. The quantitative estimate of drug-likeness (QED) is 0.583. The molecule has 19 heavy (non-hydrogen) atoms. The first-order chi connectivity index (χ1) is 9.02. The molecule has 100 valence electrons. The SMILES string of the molecule is COc1ccc(C(Cl)c2ccc(C)c(Br)c2)c(Br)c1. The second-order valence-electron chi connectivity index (χ2n) is 4.26. The van der Waals surface area contributed by atoms with Crippen molar-refractivity contribution in [1.82, 2.24) is 0 Å². The molecule has 1 unspecified atom stereocenters. The van der Waals surface area contributed by atoms with Gasteiger partial charge in [-0.25, -0.2) is 0 Å². The largest absolute Gasteiger partial charge is 0.497 e. The third-order valence-corrected chi connectivity index (χ3v) is 5.00. The molecule has 4 heteroatoms. The van der Waals surface area contributed by atoms with E-state index in [9.17, 15) is 0 Å². The van der Waals surface area contributed by atoms with E-state index in [-0.39, 0.29) is 5.38 Å². The average Bonchev–Trinajstić information content (AvgIpc) is 2.41. The molecule has 2 rings (SSSR count). The molecule has 0 aliphatic heterocycles. The number of rotatable bonds is 3. The Labute approximate surface area is 135 Å². The monoisotopic (exact) mass is 402 g/mol. The van der Waals surface area contributed by atoms with E-state index in [0.717, 1.165) is 25.8 Å². The maximum atomic E-state index is 6.57. The number of methoxy groups -OCH3 is 1. The summed E-state index contributed by atoms with van der Waals surface area (Å²) in [6.07, 6.45) is 0. The molecule has 1 nitrogen and oxygen atoms in total. The smallest absolute Gasteiger partial charge is 0.120 e. The number of aryl methyl sites for hydroxylation is 1. The van der Waals surface area contributed by atoms with E-state index in [1.54, 1.807) is 7.11 Å². The molecule has 0 aliphatic carbocycles. The van der Waals surface area contributed by atoms with Crippen LogP contribution in [0.25, 0.3) is 0 Å².